The molecule has 2 rings (SSSR count). The van der Waals surface area contributed by atoms with Crippen LogP contribution in [0.5, 0.6) is 5.75 Å². The van der Waals surface area contributed by atoms with Gasteiger partial charge >= 0.3 is 0 Å². The van der Waals surface area contributed by atoms with E-state index in [2.05, 4.69) is 28.2 Å². The second-order valence-electron chi connectivity index (χ2n) is 5.06. The monoisotopic (exact) mass is 312 g/mol. The van der Waals surface area contributed by atoms with Gasteiger partial charge < -0.3 is 15.8 Å². The van der Waals surface area contributed by atoms with Crippen LogP contribution in [-0.2, 0) is 0 Å². The van der Waals surface area contributed by atoms with Gasteiger partial charge in [0.1, 0.15) is 5.75 Å². The summed E-state index contributed by atoms with van der Waals surface area (Å²) in [6.07, 6.45) is 1.34. The van der Waals surface area contributed by atoms with Crippen LogP contribution in [0.4, 0.5) is 0 Å². The number of nitrogens with two attached hydrogens (primary N) is 1. The van der Waals surface area contributed by atoms with E-state index in [0.29, 0.717) is 6.54 Å². The number of methoxy groups -OCH3 is 1. The highest BCUT2D eigenvalue weighted by Crippen LogP contribution is 2.37. The van der Waals surface area contributed by atoms with Crippen molar-refractivity contribution in [3.63, 3.8) is 0 Å². The minimum absolute atomic E-state index is 0.183. The van der Waals surface area contributed by atoms with Gasteiger partial charge in [0.25, 0.3) is 0 Å². The molecule has 100 valence electrons. The SMILES string of the molecule is COc1ccc(Br)c(C(CN)NCC2CC2C)c1. The highest BCUT2D eigenvalue weighted by Gasteiger charge is 2.32. The summed E-state index contributed by atoms with van der Waals surface area (Å²) in [5.74, 6) is 2.56. The summed E-state index contributed by atoms with van der Waals surface area (Å²) in [4.78, 5) is 0. The standard InChI is InChI=1S/C14H21BrN2O/c1-9-5-10(9)8-17-14(7-16)12-6-11(18-2)3-4-13(12)15/h3-4,6,9-10,14,17H,5,7-8,16H2,1-2H3. The zero-order valence-electron chi connectivity index (χ0n) is 10.9. The molecule has 3 atom stereocenters. The Bertz CT molecular complexity index is 411. The molecule has 0 amide bonds. The number of ether oxygens (including phenoxy) is 1. The van der Waals surface area contributed by atoms with Crippen molar-refractivity contribution in [1.29, 1.82) is 0 Å². The number of nitrogens with one attached hydrogen (secondary N) is 1. The molecule has 1 aromatic carbocycles. The van der Waals surface area contributed by atoms with Gasteiger partial charge in [0.2, 0.25) is 0 Å². The summed E-state index contributed by atoms with van der Waals surface area (Å²) in [7, 11) is 1.68. The van der Waals surface area contributed by atoms with Crippen molar-refractivity contribution in [3.05, 3.63) is 28.2 Å². The molecule has 1 aliphatic carbocycles. The van der Waals surface area contributed by atoms with Gasteiger partial charge in [0.15, 0.2) is 0 Å². The van der Waals surface area contributed by atoms with E-state index in [1.54, 1.807) is 7.11 Å². The van der Waals surface area contributed by atoms with Crippen LogP contribution >= 0.6 is 15.9 Å². The molecule has 1 fully saturated rings. The van der Waals surface area contributed by atoms with Crippen LogP contribution in [-0.4, -0.2) is 20.2 Å². The molecule has 1 saturated carbocycles. The maximum atomic E-state index is 5.88. The third-order valence-electron chi connectivity index (χ3n) is 3.72. The lowest BCUT2D eigenvalue weighted by Gasteiger charge is -2.19. The van der Waals surface area contributed by atoms with Gasteiger partial charge in [0.05, 0.1) is 7.11 Å². The van der Waals surface area contributed by atoms with Crippen LogP contribution in [0.3, 0.4) is 0 Å². The summed E-state index contributed by atoms with van der Waals surface area (Å²) in [6.45, 7) is 3.94. The first-order valence-electron chi connectivity index (χ1n) is 6.42. The molecule has 3 unspecified atom stereocenters. The lowest BCUT2D eigenvalue weighted by Crippen LogP contribution is -2.30. The highest BCUT2D eigenvalue weighted by molar-refractivity contribution is 9.10. The van der Waals surface area contributed by atoms with Crippen LogP contribution < -0.4 is 15.8 Å². The minimum Gasteiger partial charge on any atom is -0.497 e. The lowest BCUT2D eigenvalue weighted by molar-refractivity contribution is 0.412. The predicted octanol–water partition coefficient (Wildman–Crippen LogP) is 2.70. The Kier molecular flexibility index (Phi) is 4.65. The van der Waals surface area contributed by atoms with Crippen molar-refractivity contribution < 1.29 is 4.74 Å². The van der Waals surface area contributed by atoms with E-state index in [0.717, 1.165) is 28.6 Å². The van der Waals surface area contributed by atoms with Crippen molar-refractivity contribution in [2.45, 2.75) is 19.4 Å². The van der Waals surface area contributed by atoms with Gasteiger partial charge in [-0.2, -0.15) is 0 Å². The fourth-order valence-corrected chi connectivity index (χ4v) is 2.74. The molecule has 0 spiro atoms. The molecule has 0 heterocycles. The van der Waals surface area contributed by atoms with Crippen molar-refractivity contribution >= 4 is 15.9 Å². The summed E-state index contributed by atoms with van der Waals surface area (Å²) in [5.41, 5.74) is 7.05. The molecule has 0 aromatic heterocycles. The molecule has 4 heteroatoms. The van der Waals surface area contributed by atoms with Crippen molar-refractivity contribution in [2.24, 2.45) is 17.6 Å². The molecule has 1 aromatic rings. The molecule has 0 radical (unpaired) electrons. The van der Waals surface area contributed by atoms with E-state index >= 15 is 0 Å². The number of hydrogen-bond donors (Lipinski definition) is 2. The zero-order chi connectivity index (χ0) is 13.1. The Morgan fingerprint density at radius 3 is 2.83 bits per heavy atom. The molecule has 18 heavy (non-hydrogen) atoms. The molecule has 1 aliphatic rings. The van der Waals surface area contributed by atoms with Gasteiger partial charge in [0, 0.05) is 17.1 Å². The van der Waals surface area contributed by atoms with E-state index in [1.165, 1.54) is 12.0 Å². The quantitative estimate of drug-likeness (QED) is 0.849. The van der Waals surface area contributed by atoms with E-state index in [1.807, 2.05) is 18.2 Å². The Hall–Kier alpha value is -0.580. The van der Waals surface area contributed by atoms with Gasteiger partial charge in [-0.25, -0.2) is 0 Å². The fourth-order valence-electron chi connectivity index (χ4n) is 2.21. The second-order valence-corrected chi connectivity index (χ2v) is 5.91. The Balaban J connectivity index is 2.05. The van der Waals surface area contributed by atoms with E-state index in [9.17, 15) is 0 Å². The van der Waals surface area contributed by atoms with Gasteiger partial charge in [-0.05, 0) is 48.6 Å². The predicted molar refractivity (Wildman–Crippen MR) is 77.8 cm³/mol. The molecular formula is C14H21BrN2O. The van der Waals surface area contributed by atoms with Crippen LogP contribution in [0.15, 0.2) is 22.7 Å². The first kappa shape index (κ1) is 13.8. The smallest absolute Gasteiger partial charge is 0.119 e. The van der Waals surface area contributed by atoms with Gasteiger partial charge in [-0.3, -0.25) is 0 Å². The first-order chi connectivity index (χ1) is 8.65. The normalized spacial score (nSPS) is 23.8. The first-order valence-corrected chi connectivity index (χ1v) is 7.22. The van der Waals surface area contributed by atoms with Gasteiger partial charge in [-0.1, -0.05) is 22.9 Å². The average Bonchev–Trinajstić information content (AvgIpc) is 3.08. The maximum absolute atomic E-state index is 5.88. The zero-order valence-corrected chi connectivity index (χ0v) is 12.5. The highest BCUT2D eigenvalue weighted by atomic mass is 79.9. The third kappa shape index (κ3) is 3.25. The van der Waals surface area contributed by atoms with Crippen LogP contribution in [0, 0.1) is 11.8 Å². The molecule has 0 bridgehead atoms. The summed E-state index contributed by atoms with van der Waals surface area (Å²) < 4.78 is 6.35. The third-order valence-corrected chi connectivity index (χ3v) is 4.44. The minimum atomic E-state index is 0.183. The number of rotatable bonds is 6. The average molecular weight is 313 g/mol. The van der Waals surface area contributed by atoms with Crippen LogP contribution in [0.25, 0.3) is 0 Å². The molecule has 0 aliphatic heterocycles. The number of hydrogen-bond acceptors (Lipinski definition) is 3. The Morgan fingerprint density at radius 2 is 2.28 bits per heavy atom. The van der Waals surface area contributed by atoms with E-state index in [-0.39, 0.29) is 6.04 Å². The second kappa shape index (κ2) is 6.04. The van der Waals surface area contributed by atoms with Crippen molar-refractivity contribution in [3.8, 4) is 5.75 Å². The summed E-state index contributed by atoms with van der Waals surface area (Å²) >= 11 is 3.58. The fraction of sp³-hybridized carbons (Fsp3) is 0.571. The van der Waals surface area contributed by atoms with Gasteiger partial charge in [-0.15, -0.1) is 0 Å². The maximum Gasteiger partial charge on any atom is 0.119 e. The Labute approximate surface area is 117 Å². The van der Waals surface area contributed by atoms with Crippen LogP contribution in [0.2, 0.25) is 0 Å². The molecule has 3 N–H and O–H groups in total. The summed E-state index contributed by atoms with van der Waals surface area (Å²) in [6, 6.07) is 6.19. The number of halogens is 1. The molecular weight excluding hydrogens is 292 g/mol. The largest absolute Gasteiger partial charge is 0.497 e. The van der Waals surface area contributed by atoms with E-state index in [4.69, 9.17) is 10.5 Å². The van der Waals surface area contributed by atoms with Crippen molar-refractivity contribution in [2.75, 3.05) is 20.2 Å². The number of benzene rings is 1. The molecule has 0 saturated heterocycles. The van der Waals surface area contributed by atoms with E-state index < -0.39 is 0 Å². The summed E-state index contributed by atoms with van der Waals surface area (Å²) in [5, 5.41) is 3.56. The topological polar surface area (TPSA) is 47.3 Å². The van der Waals surface area contributed by atoms with Crippen LogP contribution in [0.1, 0.15) is 24.9 Å². The lowest BCUT2D eigenvalue weighted by atomic mass is 10.1. The van der Waals surface area contributed by atoms with Crippen molar-refractivity contribution in [1.82, 2.24) is 5.32 Å². The Morgan fingerprint density at radius 1 is 1.56 bits per heavy atom. The molecule has 3 nitrogen and oxygen atoms in total.